The van der Waals surface area contributed by atoms with E-state index in [1.807, 2.05) is 30.3 Å². The van der Waals surface area contributed by atoms with Crippen LogP contribution in [0.15, 0.2) is 30.3 Å². The van der Waals surface area contributed by atoms with Gasteiger partial charge in [0.15, 0.2) is 0 Å². The summed E-state index contributed by atoms with van der Waals surface area (Å²) in [7, 11) is 0. The molecule has 0 heterocycles. The molecule has 1 aromatic carbocycles. The summed E-state index contributed by atoms with van der Waals surface area (Å²) in [4.78, 5) is 11.8. The van der Waals surface area contributed by atoms with Crippen molar-refractivity contribution >= 4 is 16.9 Å². The number of hydrogen-bond donors (Lipinski definition) is 0. The summed E-state index contributed by atoms with van der Waals surface area (Å²) in [6.07, 6.45) is 12.0. The Morgan fingerprint density at radius 1 is 0.850 bits per heavy atom. The van der Waals surface area contributed by atoms with Crippen LogP contribution in [0.5, 0.6) is 0 Å². The highest BCUT2D eigenvalue weighted by molar-refractivity contribution is 8.14. The van der Waals surface area contributed by atoms with E-state index in [0.29, 0.717) is 0 Å². The zero-order valence-corrected chi connectivity index (χ0v) is 13.6. The molecule has 0 aliphatic heterocycles. The predicted molar refractivity (Wildman–Crippen MR) is 90.5 cm³/mol. The van der Waals surface area contributed by atoms with E-state index in [1.165, 1.54) is 63.1 Å². The zero-order valence-electron chi connectivity index (χ0n) is 12.8. The minimum absolute atomic E-state index is 0.213. The third-order valence-electron chi connectivity index (χ3n) is 3.49. The van der Waals surface area contributed by atoms with Crippen LogP contribution < -0.4 is 0 Å². The number of benzene rings is 1. The van der Waals surface area contributed by atoms with Gasteiger partial charge in [0.2, 0.25) is 5.12 Å². The first kappa shape index (κ1) is 17.3. The first-order valence-electron chi connectivity index (χ1n) is 8.06. The SMILES string of the molecule is CCCCCCCCCCCSC(=O)c1ccccc1. The highest BCUT2D eigenvalue weighted by Crippen LogP contribution is 2.15. The highest BCUT2D eigenvalue weighted by Gasteiger charge is 2.04. The molecule has 0 saturated heterocycles. The molecule has 0 amide bonds. The number of rotatable bonds is 11. The number of carbonyl (C=O) groups excluding carboxylic acids is 1. The van der Waals surface area contributed by atoms with Gasteiger partial charge in [-0.15, -0.1) is 0 Å². The normalized spacial score (nSPS) is 10.7. The molecular weight excluding hydrogens is 264 g/mol. The van der Waals surface area contributed by atoms with E-state index in [9.17, 15) is 4.79 Å². The van der Waals surface area contributed by atoms with Gasteiger partial charge in [-0.3, -0.25) is 4.79 Å². The van der Waals surface area contributed by atoms with E-state index in [2.05, 4.69) is 6.92 Å². The molecule has 2 heteroatoms. The van der Waals surface area contributed by atoms with Crippen molar-refractivity contribution in [2.45, 2.75) is 64.7 Å². The van der Waals surface area contributed by atoms with Gasteiger partial charge in [-0.25, -0.2) is 0 Å². The Labute approximate surface area is 128 Å². The van der Waals surface area contributed by atoms with Crippen molar-refractivity contribution in [1.29, 1.82) is 0 Å². The van der Waals surface area contributed by atoms with Crippen molar-refractivity contribution in [3.05, 3.63) is 35.9 Å². The molecule has 0 saturated carbocycles. The molecule has 1 aromatic rings. The van der Waals surface area contributed by atoms with Crippen molar-refractivity contribution < 1.29 is 4.79 Å². The van der Waals surface area contributed by atoms with E-state index in [1.54, 1.807) is 0 Å². The molecule has 0 unspecified atom stereocenters. The van der Waals surface area contributed by atoms with E-state index >= 15 is 0 Å². The van der Waals surface area contributed by atoms with Crippen LogP contribution in [0.3, 0.4) is 0 Å². The highest BCUT2D eigenvalue weighted by atomic mass is 32.2. The third kappa shape index (κ3) is 8.42. The Morgan fingerprint density at radius 3 is 2.00 bits per heavy atom. The Morgan fingerprint density at radius 2 is 1.40 bits per heavy atom. The van der Waals surface area contributed by atoms with Crippen LogP contribution in [-0.2, 0) is 0 Å². The molecule has 0 aliphatic carbocycles. The van der Waals surface area contributed by atoms with Gasteiger partial charge >= 0.3 is 0 Å². The second-order valence-electron chi connectivity index (χ2n) is 5.33. The van der Waals surface area contributed by atoms with Gasteiger partial charge in [0.1, 0.15) is 0 Å². The summed E-state index contributed by atoms with van der Waals surface area (Å²) in [5, 5.41) is 0.213. The molecular formula is C18H28OS. The molecule has 0 fully saturated rings. The van der Waals surface area contributed by atoms with Crippen LogP contribution >= 0.6 is 11.8 Å². The van der Waals surface area contributed by atoms with Crippen LogP contribution in [0.4, 0.5) is 0 Å². The fourth-order valence-electron chi connectivity index (χ4n) is 2.24. The molecule has 0 aromatic heterocycles. The molecule has 20 heavy (non-hydrogen) atoms. The summed E-state index contributed by atoms with van der Waals surface area (Å²) >= 11 is 1.47. The summed E-state index contributed by atoms with van der Waals surface area (Å²) in [5.74, 6) is 0.962. The molecule has 0 aliphatic rings. The van der Waals surface area contributed by atoms with Crippen LogP contribution in [0.2, 0.25) is 0 Å². The smallest absolute Gasteiger partial charge is 0.219 e. The van der Waals surface area contributed by atoms with Gasteiger partial charge in [-0.2, -0.15) is 0 Å². The lowest BCUT2D eigenvalue weighted by Crippen LogP contribution is -1.94. The van der Waals surface area contributed by atoms with E-state index in [4.69, 9.17) is 0 Å². The maximum atomic E-state index is 11.8. The number of unbranched alkanes of at least 4 members (excludes halogenated alkanes) is 8. The number of hydrogen-bond acceptors (Lipinski definition) is 2. The van der Waals surface area contributed by atoms with Crippen LogP contribution in [0.1, 0.15) is 75.1 Å². The summed E-state index contributed by atoms with van der Waals surface area (Å²) in [6, 6.07) is 9.58. The molecule has 0 N–H and O–H groups in total. The number of thioether (sulfide) groups is 1. The predicted octanol–water partition coefficient (Wildman–Crippen LogP) is 6.09. The lowest BCUT2D eigenvalue weighted by molar-refractivity contribution is 0.108. The Bertz CT molecular complexity index is 348. The molecule has 1 nitrogen and oxygen atoms in total. The topological polar surface area (TPSA) is 17.1 Å². The Hall–Kier alpha value is -0.760. The standard InChI is InChI=1S/C18H28OS/c1-2-3-4-5-6-7-8-9-13-16-20-18(19)17-14-11-10-12-15-17/h10-12,14-15H,2-9,13,16H2,1H3. The summed E-state index contributed by atoms with van der Waals surface area (Å²) in [5.41, 5.74) is 0.827. The van der Waals surface area contributed by atoms with Crippen molar-refractivity contribution in [2.24, 2.45) is 0 Å². The fraction of sp³-hybridized carbons (Fsp3) is 0.611. The van der Waals surface area contributed by atoms with Gasteiger partial charge in [-0.05, 0) is 6.42 Å². The van der Waals surface area contributed by atoms with Crippen molar-refractivity contribution in [1.82, 2.24) is 0 Å². The fourth-order valence-corrected chi connectivity index (χ4v) is 3.07. The van der Waals surface area contributed by atoms with Crippen LogP contribution in [0.25, 0.3) is 0 Å². The first-order chi connectivity index (χ1) is 9.84. The Kier molecular flexibility index (Phi) is 10.4. The molecule has 1 rings (SSSR count). The quantitative estimate of drug-likeness (QED) is 0.459. The molecule has 0 radical (unpaired) electrons. The lowest BCUT2D eigenvalue weighted by Gasteiger charge is -2.02. The molecule has 112 valence electrons. The van der Waals surface area contributed by atoms with Crippen LogP contribution in [0, 0.1) is 0 Å². The van der Waals surface area contributed by atoms with Crippen molar-refractivity contribution in [3.63, 3.8) is 0 Å². The maximum Gasteiger partial charge on any atom is 0.219 e. The molecule has 0 bridgehead atoms. The molecule has 0 atom stereocenters. The average molecular weight is 292 g/mol. The third-order valence-corrected chi connectivity index (χ3v) is 4.48. The van der Waals surface area contributed by atoms with Gasteiger partial charge in [0.25, 0.3) is 0 Å². The molecule has 0 spiro atoms. The average Bonchev–Trinajstić information content (AvgIpc) is 2.50. The Balaban J connectivity index is 1.91. The minimum atomic E-state index is 0.213. The van der Waals surface area contributed by atoms with Gasteiger partial charge in [0, 0.05) is 11.3 Å². The minimum Gasteiger partial charge on any atom is -0.282 e. The van der Waals surface area contributed by atoms with Crippen molar-refractivity contribution in [3.8, 4) is 0 Å². The van der Waals surface area contributed by atoms with Crippen molar-refractivity contribution in [2.75, 3.05) is 5.75 Å². The summed E-state index contributed by atoms with van der Waals surface area (Å²) in [6.45, 7) is 2.26. The zero-order chi connectivity index (χ0) is 14.5. The summed E-state index contributed by atoms with van der Waals surface area (Å²) < 4.78 is 0. The van der Waals surface area contributed by atoms with Gasteiger partial charge in [0.05, 0.1) is 0 Å². The maximum absolute atomic E-state index is 11.8. The van der Waals surface area contributed by atoms with Gasteiger partial charge in [-0.1, -0.05) is 100 Å². The number of carbonyl (C=O) groups is 1. The van der Waals surface area contributed by atoms with Gasteiger partial charge < -0.3 is 0 Å². The van der Waals surface area contributed by atoms with E-state index in [-0.39, 0.29) is 5.12 Å². The largest absolute Gasteiger partial charge is 0.282 e. The second kappa shape index (κ2) is 12.0. The lowest BCUT2D eigenvalue weighted by atomic mass is 10.1. The van der Waals surface area contributed by atoms with Crippen LogP contribution in [-0.4, -0.2) is 10.9 Å². The van der Waals surface area contributed by atoms with E-state index in [0.717, 1.165) is 17.7 Å². The van der Waals surface area contributed by atoms with E-state index < -0.39 is 0 Å². The first-order valence-corrected chi connectivity index (χ1v) is 9.05. The second-order valence-corrected chi connectivity index (χ2v) is 6.40. The monoisotopic (exact) mass is 292 g/mol.